The third-order valence-corrected chi connectivity index (χ3v) is 9.60. The van der Waals surface area contributed by atoms with E-state index in [9.17, 15) is 25.2 Å². The van der Waals surface area contributed by atoms with E-state index in [0.29, 0.717) is 12.8 Å². The van der Waals surface area contributed by atoms with E-state index in [1.807, 2.05) is 0 Å². The van der Waals surface area contributed by atoms with Crippen LogP contribution in [0.15, 0.2) is 0 Å². The van der Waals surface area contributed by atoms with Crippen LogP contribution in [-0.4, -0.2) is 56.0 Å². The lowest BCUT2D eigenvalue weighted by molar-refractivity contribution is -0.273. The Bertz CT molecular complexity index is 690. The average Bonchev–Trinajstić information content (AvgIpc) is 2.81. The van der Waals surface area contributed by atoms with Crippen LogP contribution in [0.3, 0.4) is 0 Å². The SMILES string of the molecule is C[C@@H]1CC2C3C[C@H](F)C4CC(O)CC[C@]4(C)[C@@]3(F)[C@@H](O)C[C@]2(C)[C@@]1(O)C(=O)O. The first kappa shape index (κ1) is 20.5. The van der Waals surface area contributed by atoms with Gasteiger partial charge in [-0.15, -0.1) is 0 Å². The minimum Gasteiger partial charge on any atom is -0.479 e. The molecule has 0 aromatic rings. The van der Waals surface area contributed by atoms with Crippen LogP contribution >= 0.6 is 0 Å². The van der Waals surface area contributed by atoms with E-state index in [1.165, 1.54) is 0 Å². The molecule has 0 aromatic carbocycles. The normalized spacial score (nSPS) is 61.2. The van der Waals surface area contributed by atoms with Crippen LogP contribution in [0.4, 0.5) is 8.78 Å². The van der Waals surface area contributed by atoms with E-state index < -0.39 is 70.1 Å². The fourth-order valence-corrected chi connectivity index (χ4v) is 8.01. The lowest BCUT2D eigenvalue weighted by Crippen LogP contribution is -2.72. The second-order valence-electron chi connectivity index (χ2n) is 10.5. The molecule has 4 fully saturated rings. The maximum atomic E-state index is 16.9. The number of aliphatic hydroxyl groups excluding tert-OH is 2. The van der Waals surface area contributed by atoms with Crippen molar-refractivity contribution in [3.8, 4) is 0 Å². The fourth-order valence-electron chi connectivity index (χ4n) is 8.01. The Morgan fingerprint density at radius 1 is 1.04 bits per heavy atom. The molecule has 11 atom stereocenters. The van der Waals surface area contributed by atoms with Crippen LogP contribution in [0.25, 0.3) is 0 Å². The van der Waals surface area contributed by atoms with Crippen LogP contribution in [0.5, 0.6) is 0 Å². The van der Waals surface area contributed by atoms with E-state index in [0.717, 1.165) is 0 Å². The zero-order valence-corrected chi connectivity index (χ0v) is 16.7. The highest BCUT2D eigenvalue weighted by Crippen LogP contribution is 2.72. The van der Waals surface area contributed by atoms with Gasteiger partial charge in [0.05, 0.1) is 12.2 Å². The van der Waals surface area contributed by atoms with Gasteiger partial charge in [-0.1, -0.05) is 20.8 Å². The molecule has 0 radical (unpaired) electrons. The maximum Gasteiger partial charge on any atom is 0.336 e. The minimum absolute atomic E-state index is 0.108. The molecule has 0 heterocycles. The summed E-state index contributed by atoms with van der Waals surface area (Å²) in [5.41, 5.74) is -6.49. The predicted molar refractivity (Wildman–Crippen MR) is 96.9 cm³/mol. The number of carboxylic acid groups (broad SMARTS) is 1. The second kappa shape index (κ2) is 5.88. The number of hydrogen-bond acceptors (Lipinski definition) is 4. The average molecular weight is 402 g/mol. The van der Waals surface area contributed by atoms with E-state index >= 15 is 8.78 Å². The Balaban J connectivity index is 1.82. The number of alkyl halides is 2. The Morgan fingerprint density at radius 2 is 1.68 bits per heavy atom. The second-order valence-corrected chi connectivity index (χ2v) is 10.5. The standard InChI is InChI=1S/C21H32F2O5/c1-10-6-12-13-8-15(22)14-7-11(24)4-5-18(14,2)20(13,23)16(25)9-19(12,3)21(10,28)17(26)27/h10-16,24-25,28H,4-9H2,1-3H3,(H,26,27)/t10-,11?,12?,13?,14?,15+,16+,18+,19+,20+,21+/m1/s1. The number of carboxylic acids is 1. The van der Waals surface area contributed by atoms with Crippen molar-refractivity contribution in [3.05, 3.63) is 0 Å². The quantitative estimate of drug-likeness (QED) is 0.540. The van der Waals surface area contributed by atoms with Gasteiger partial charge in [0.15, 0.2) is 5.60 Å². The van der Waals surface area contributed by atoms with Gasteiger partial charge in [0, 0.05) is 22.7 Å². The topological polar surface area (TPSA) is 98.0 Å². The minimum atomic E-state index is -2.08. The summed E-state index contributed by atoms with van der Waals surface area (Å²) in [6.45, 7) is 4.95. The summed E-state index contributed by atoms with van der Waals surface area (Å²) < 4.78 is 32.2. The van der Waals surface area contributed by atoms with Gasteiger partial charge in [0.25, 0.3) is 0 Å². The Hall–Kier alpha value is -0.790. The van der Waals surface area contributed by atoms with Crippen molar-refractivity contribution < 1.29 is 34.0 Å². The van der Waals surface area contributed by atoms with Crippen LogP contribution in [-0.2, 0) is 4.79 Å². The van der Waals surface area contributed by atoms with Gasteiger partial charge in [-0.2, -0.15) is 0 Å². The summed E-state index contributed by atoms with van der Waals surface area (Å²) in [5, 5.41) is 42.0. The number of carbonyl (C=O) groups is 1. The summed E-state index contributed by atoms with van der Waals surface area (Å²) in [6.07, 6.45) is -2.62. The summed E-state index contributed by atoms with van der Waals surface area (Å²) >= 11 is 0. The van der Waals surface area contributed by atoms with Crippen LogP contribution < -0.4 is 0 Å². The number of aliphatic carboxylic acids is 1. The van der Waals surface area contributed by atoms with E-state index in [-0.39, 0.29) is 25.7 Å². The molecule has 0 spiro atoms. The van der Waals surface area contributed by atoms with Crippen molar-refractivity contribution in [3.63, 3.8) is 0 Å². The number of aliphatic hydroxyl groups is 3. The van der Waals surface area contributed by atoms with Gasteiger partial charge in [0.1, 0.15) is 11.8 Å². The third kappa shape index (κ3) is 2.08. The molecule has 28 heavy (non-hydrogen) atoms. The molecule has 4 saturated carbocycles. The van der Waals surface area contributed by atoms with Crippen molar-refractivity contribution in [1.29, 1.82) is 0 Å². The van der Waals surface area contributed by atoms with E-state index in [1.54, 1.807) is 20.8 Å². The first-order chi connectivity index (χ1) is 12.8. The summed E-state index contributed by atoms with van der Waals surface area (Å²) in [6, 6.07) is 0. The zero-order chi connectivity index (χ0) is 20.9. The van der Waals surface area contributed by atoms with Crippen molar-refractivity contribution >= 4 is 5.97 Å². The number of hydrogen-bond donors (Lipinski definition) is 4. The highest BCUT2D eigenvalue weighted by atomic mass is 19.1. The molecule has 0 amide bonds. The van der Waals surface area contributed by atoms with Crippen LogP contribution in [0.2, 0.25) is 0 Å². The molecule has 160 valence electrons. The molecule has 5 nitrogen and oxygen atoms in total. The summed E-state index contributed by atoms with van der Waals surface area (Å²) in [5.74, 6) is -4.04. The fraction of sp³-hybridized carbons (Fsp3) is 0.952. The van der Waals surface area contributed by atoms with Gasteiger partial charge >= 0.3 is 5.97 Å². The van der Waals surface area contributed by atoms with E-state index in [4.69, 9.17) is 0 Å². The Morgan fingerprint density at radius 3 is 2.29 bits per heavy atom. The lowest BCUT2D eigenvalue weighted by atomic mass is 9.41. The summed E-state index contributed by atoms with van der Waals surface area (Å²) in [4.78, 5) is 12.0. The molecule has 4 aliphatic rings. The Kier molecular flexibility index (Phi) is 4.30. The molecule has 0 saturated heterocycles. The molecule has 4 unspecified atom stereocenters. The zero-order valence-electron chi connectivity index (χ0n) is 16.7. The van der Waals surface area contributed by atoms with Gasteiger partial charge in [-0.05, 0) is 50.4 Å². The summed E-state index contributed by atoms with van der Waals surface area (Å²) in [7, 11) is 0. The molecule has 4 aliphatic carbocycles. The van der Waals surface area contributed by atoms with Crippen molar-refractivity contribution in [2.45, 2.75) is 88.9 Å². The van der Waals surface area contributed by atoms with Crippen molar-refractivity contribution in [2.75, 3.05) is 0 Å². The van der Waals surface area contributed by atoms with Crippen LogP contribution in [0, 0.1) is 34.5 Å². The first-order valence-corrected chi connectivity index (χ1v) is 10.5. The molecule has 7 heteroatoms. The van der Waals surface area contributed by atoms with Gasteiger partial charge in [0.2, 0.25) is 0 Å². The highest BCUT2D eigenvalue weighted by Gasteiger charge is 2.77. The molecule has 4 rings (SSSR count). The van der Waals surface area contributed by atoms with Crippen molar-refractivity contribution in [1.82, 2.24) is 0 Å². The third-order valence-electron chi connectivity index (χ3n) is 9.60. The van der Waals surface area contributed by atoms with E-state index in [2.05, 4.69) is 0 Å². The molecular formula is C21H32F2O5. The van der Waals surface area contributed by atoms with Gasteiger partial charge < -0.3 is 20.4 Å². The number of rotatable bonds is 1. The number of fused-ring (bicyclic) bond motifs is 5. The highest BCUT2D eigenvalue weighted by molar-refractivity contribution is 5.79. The molecule has 4 N–H and O–H groups in total. The molecule has 0 aliphatic heterocycles. The largest absolute Gasteiger partial charge is 0.479 e. The predicted octanol–water partition coefficient (Wildman–Crippen LogP) is 2.46. The molecule has 0 bridgehead atoms. The monoisotopic (exact) mass is 402 g/mol. The molecular weight excluding hydrogens is 370 g/mol. The first-order valence-electron chi connectivity index (χ1n) is 10.5. The van der Waals surface area contributed by atoms with Gasteiger partial charge in [-0.25, -0.2) is 13.6 Å². The smallest absolute Gasteiger partial charge is 0.336 e. The molecule has 0 aromatic heterocycles. The van der Waals surface area contributed by atoms with Crippen molar-refractivity contribution in [2.24, 2.45) is 34.5 Å². The maximum absolute atomic E-state index is 16.9. The van der Waals surface area contributed by atoms with Gasteiger partial charge in [-0.3, -0.25) is 0 Å². The van der Waals surface area contributed by atoms with Crippen LogP contribution in [0.1, 0.15) is 59.3 Å². The lowest BCUT2D eigenvalue weighted by Gasteiger charge is -2.66. The number of halogens is 2. The Labute approximate surface area is 164 Å².